The highest BCUT2D eigenvalue weighted by Gasteiger charge is 2.20. The third kappa shape index (κ3) is 3.78. The summed E-state index contributed by atoms with van der Waals surface area (Å²) in [5.41, 5.74) is 1.01. The molecule has 0 radical (unpaired) electrons. The van der Waals surface area contributed by atoms with Crippen LogP contribution < -0.4 is 5.32 Å². The van der Waals surface area contributed by atoms with Gasteiger partial charge in [-0.2, -0.15) is 0 Å². The molecule has 2 aromatic rings. The summed E-state index contributed by atoms with van der Waals surface area (Å²) in [6.07, 6.45) is 0. The molecule has 0 saturated heterocycles. The summed E-state index contributed by atoms with van der Waals surface area (Å²) < 4.78 is 38.4. The summed E-state index contributed by atoms with van der Waals surface area (Å²) >= 11 is 0. The van der Waals surface area contributed by atoms with Crippen LogP contribution in [0.1, 0.15) is 15.9 Å². The van der Waals surface area contributed by atoms with Crippen LogP contribution in [-0.4, -0.2) is 33.0 Å². The van der Waals surface area contributed by atoms with Crippen LogP contribution in [0.5, 0.6) is 0 Å². The van der Waals surface area contributed by atoms with Crippen LogP contribution in [0.15, 0.2) is 47.4 Å². The molecule has 0 fully saturated rings. The van der Waals surface area contributed by atoms with Gasteiger partial charge in [0, 0.05) is 18.3 Å². The smallest absolute Gasteiger partial charge is 0.264 e. The summed E-state index contributed by atoms with van der Waals surface area (Å²) in [5, 5.41) is 2.58. The number of anilines is 1. The molecule has 8 heteroatoms. The SMILES string of the molecule is CON(C)S(=O)(=O)c1ccc(NC(=O)c2ccc(C)c(F)c2)cc1. The molecule has 0 bridgehead atoms. The van der Waals surface area contributed by atoms with E-state index in [0.29, 0.717) is 11.3 Å². The zero-order valence-corrected chi connectivity index (χ0v) is 14.2. The van der Waals surface area contributed by atoms with Gasteiger partial charge >= 0.3 is 0 Å². The third-order valence-corrected chi connectivity index (χ3v) is 5.13. The second kappa shape index (κ2) is 7.08. The van der Waals surface area contributed by atoms with Crippen molar-refractivity contribution in [3.63, 3.8) is 0 Å². The van der Waals surface area contributed by atoms with Crippen LogP contribution in [0.3, 0.4) is 0 Å². The number of nitrogens with one attached hydrogen (secondary N) is 1. The van der Waals surface area contributed by atoms with Gasteiger partial charge in [0.15, 0.2) is 0 Å². The minimum atomic E-state index is -3.75. The first-order valence-electron chi connectivity index (χ1n) is 6.96. The number of nitrogens with zero attached hydrogens (tertiary/aromatic N) is 1. The van der Waals surface area contributed by atoms with Crippen LogP contribution in [0.4, 0.5) is 10.1 Å². The van der Waals surface area contributed by atoms with Gasteiger partial charge < -0.3 is 5.32 Å². The molecule has 6 nitrogen and oxygen atoms in total. The van der Waals surface area contributed by atoms with E-state index in [-0.39, 0.29) is 10.5 Å². The number of amides is 1. The van der Waals surface area contributed by atoms with E-state index < -0.39 is 21.7 Å². The van der Waals surface area contributed by atoms with Crippen molar-refractivity contribution in [3.8, 4) is 0 Å². The van der Waals surface area contributed by atoms with Crippen LogP contribution >= 0.6 is 0 Å². The molecule has 1 amide bonds. The second-order valence-electron chi connectivity index (χ2n) is 5.04. The van der Waals surface area contributed by atoms with Crippen LogP contribution in [0.2, 0.25) is 0 Å². The molecule has 0 aliphatic carbocycles. The fraction of sp³-hybridized carbons (Fsp3) is 0.188. The van der Waals surface area contributed by atoms with Crippen molar-refractivity contribution in [3.05, 3.63) is 59.4 Å². The Bertz CT molecular complexity index is 851. The molecule has 0 aliphatic rings. The number of aryl methyl sites for hydroxylation is 1. The summed E-state index contributed by atoms with van der Waals surface area (Å²) in [5.74, 6) is -0.954. The predicted octanol–water partition coefficient (Wildman–Crippen LogP) is 2.57. The number of hydroxylamine groups is 1. The lowest BCUT2D eigenvalue weighted by molar-refractivity contribution is -0.0258. The number of halogens is 1. The van der Waals surface area contributed by atoms with E-state index in [9.17, 15) is 17.6 Å². The molecular formula is C16H17FN2O4S. The second-order valence-corrected chi connectivity index (χ2v) is 6.98. The Kier molecular flexibility index (Phi) is 5.33. The van der Waals surface area contributed by atoms with E-state index in [4.69, 9.17) is 0 Å². The van der Waals surface area contributed by atoms with Crippen molar-refractivity contribution >= 4 is 21.6 Å². The Morgan fingerprint density at radius 1 is 1.17 bits per heavy atom. The Morgan fingerprint density at radius 2 is 1.79 bits per heavy atom. The van der Waals surface area contributed by atoms with Crippen molar-refractivity contribution in [2.45, 2.75) is 11.8 Å². The summed E-state index contributed by atoms with van der Waals surface area (Å²) in [4.78, 5) is 16.8. The van der Waals surface area contributed by atoms with E-state index in [1.165, 1.54) is 50.6 Å². The first-order valence-corrected chi connectivity index (χ1v) is 8.40. The van der Waals surface area contributed by atoms with Gasteiger partial charge in [-0.05, 0) is 48.9 Å². The molecule has 0 spiro atoms. The van der Waals surface area contributed by atoms with E-state index in [1.54, 1.807) is 6.92 Å². The normalized spacial score (nSPS) is 11.5. The predicted molar refractivity (Wildman–Crippen MR) is 87.5 cm³/mol. The van der Waals surface area contributed by atoms with Gasteiger partial charge in [0.05, 0.1) is 12.0 Å². The van der Waals surface area contributed by atoms with Gasteiger partial charge in [-0.15, -0.1) is 0 Å². The molecule has 0 aromatic heterocycles. The first-order chi connectivity index (χ1) is 11.3. The molecular weight excluding hydrogens is 335 g/mol. The Labute approximate surface area is 139 Å². The zero-order valence-electron chi connectivity index (χ0n) is 13.4. The molecule has 0 aliphatic heterocycles. The molecule has 24 heavy (non-hydrogen) atoms. The van der Waals surface area contributed by atoms with E-state index in [1.807, 2.05) is 0 Å². The van der Waals surface area contributed by atoms with Gasteiger partial charge in [-0.25, -0.2) is 12.8 Å². The maximum Gasteiger partial charge on any atom is 0.264 e. The van der Waals surface area contributed by atoms with E-state index in [0.717, 1.165) is 10.5 Å². The van der Waals surface area contributed by atoms with Crippen molar-refractivity contribution in [1.29, 1.82) is 0 Å². The third-order valence-electron chi connectivity index (χ3n) is 3.44. The van der Waals surface area contributed by atoms with Crippen molar-refractivity contribution in [2.75, 3.05) is 19.5 Å². The minimum absolute atomic E-state index is 0.0197. The maximum absolute atomic E-state index is 13.5. The number of sulfonamides is 1. The summed E-state index contributed by atoms with van der Waals surface area (Å²) in [6.45, 7) is 1.60. The lowest BCUT2D eigenvalue weighted by Crippen LogP contribution is -2.25. The summed E-state index contributed by atoms with van der Waals surface area (Å²) in [7, 11) is -1.23. The number of carbonyl (C=O) groups is 1. The number of benzene rings is 2. The molecule has 2 aromatic carbocycles. The van der Waals surface area contributed by atoms with Gasteiger partial charge in [-0.1, -0.05) is 10.5 Å². The molecule has 0 heterocycles. The fourth-order valence-electron chi connectivity index (χ4n) is 1.89. The fourth-order valence-corrected chi connectivity index (χ4v) is 2.87. The topological polar surface area (TPSA) is 75.7 Å². The minimum Gasteiger partial charge on any atom is -0.322 e. The standard InChI is InChI=1S/C16H17FN2O4S/c1-11-4-5-12(10-15(11)17)16(20)18-13-6-8-14(9-7-13)24(21,22)19(2)23-3/h4-10H,1-3H3,(H,18,20). The summed E-state index contributed by atoms with van der Waals surface area (Å²) in [6, 6.07) is 9.75. The largest absolute Gasteiger partial charge is 0.322 e. The quantitative estimate of drug-likeness (QED) is 0.839. The van der Waals surface area contributed by atoms with Crippen LogP contribution in [-0.2, 0) is 14.9 Å². The molecule has 128 valence electrons. The lowest BCUT2D eigenvalue weighted by Gasteiger charge is -2.14. The zero-order chi connectivity index (χ0) is 17.9. The Balaban J connectivity index is 2.17. The number of carbonyl (C=O) groups excluding carboxylic acids is 1. The number of hydrogen-bond acceptors (Lipinski definition) is 4. The highest BCUT2D eigenvalue weighted by Crippen LogP contribution is 2.18. The molecule has 0 saturated carbocycles. The van der Waals surface area contributed by atoms with Gasteiger partial charge in [0.2, 0.25) is 0 Å². The van der Waals surface area contributed by atoms with Gasteiger partial charge in [-0.3, -0.25) is 9.63 Å². The van der Waals surface area contributed by atoms with Crippen molar-refractivity contribution in [1.82, 2.24) is 4.47 Å². The number of rotatable bonds is 5. The highest BCUT2D eigenvalue weighted by atomic mass is 32.2. The van der Waals surface area contributed by atoms with Gasteiger partial charge in [0.1, 0.15) is 5.82 Å². The van der Waals surface area contributed by atoms with Crippen LogP contribution in [0, 0.1) is 12.7 Å². The monoisotopic (exact) mass is 352 g/mol. The molecule has 1 N–H and O–H groups in total. The molecule has 0 unspecified atom stereocenters. The average molecular weight is 352 g/mol. The maximum atomic E-state index is 13.5. The van der Waals surface area contributed by atoms with Crippen molar-refractivity contribution in [2.24, 2.45) is 0 Å². The molecule has 0 atom stereocenters. The Morgan fingerprint density at radius 3 is 2.33 bits per heavy atom. The molecule has 2 rings (SSSR count). The van der Waals surface area contributed by atoms with Crippen LogP contribution in [0.25, 0.3) is 0 Å². The van der Waals surface area contributed by atoms with E-state index >= 15 is 0 Å². The van der Waals surface area contributed by atoms with Gasteiger partial charge in [0.25, 0.3) is 15.9 Å². The first kappa shape index (κ1) is 18.1. The number of hydrogen-bond donors (Lipinski definition) is 1. The van der Waals surface area contributed by atoms with Crippen molar-refractivity contribution < 1.29 is 22.4 Å². The van der Waals surface area contributed by atoms with E-state index in [2.05, 4.69) is 10.2 Å². The highest BCUT2D eigenvalue weighted by molar-refractivity contribution is 7.89. The lowest BCUT2D eigenvalue weighted by atomic mass is 10.1. The Hall–Kier alpha value is -2.29. The average Bonchev–Trinajstić information content (AvgIpc) is 2.56.